The molecule has 2 aromatic rings. The smallest absolute Gasteiger partial charge is 0.220 e. The zero-order valence-corrected chi connectivity index (χ0v) is 9.42. The molecule has 4 nitrogen and oxygen atoms in total. The molecule has 18 heavy (non-hydrogen) atoms. The molecule has 2 N–H and O–H groups in total. The highest BCUT2D eigenvalue weighted by Gasteiger charge is 2.26. The van der Waals surface area contributed by atoms with Crippen molar-refractivity contribution in [2.24, 2.45) is 0 Å². The molecule has 1 aliphatic heterocycles. The SMILES string of the molecule is N=C1Oc2c(O)cccc2C1=Cc1cccnc1. The Balaban J connectivity index is 2.13. The molecule has 0 saturated heterocycles. The van der Waals surface area contributed by atoms with Crippen LogP contribution < -0.4 is 4.74 Å². The number of nitrogens with zero attached hydrogens (tertiary/aromatic N) is 1. The Hall–Kier alpha value is -2.62. The number of aromatic nitrogens is 1. The van der Waals surface area contributed by atoms with Crippen molar-refractivity contribution in [2.75, 3.05) is 0 Å². The molecule has 0 bridgehead atoms. The summed E-state index contributed by atoms with van der Waals surface area (Å²) >= 11 is 0. The lowest BCUT2D eigenvalue weighted by molar-refractivity contribution is 0.438. The molecule has 1 aromatic carbocycles. The third-order valence-corrected chi connectivity index (χ3v) is 2.73. The molecule has 0 saturated carbocycles. The summed E-state index contributed by atoms with van der Waals surface area (Å²) in [6.45, 7) is 0. The van der Waals surface area contributed by atoms with E-state index in [1.165, 1.54) is 0 Å². The summed E-state index contributed by atoms with van der Waals surface area (Å²) in [7, 11) is 0. The van der Waals surface area contributed by atoms with Crippen molar-refractivity contribution in [1.29, 1.82) is 5.41 Å². The number of hydrogen-bond donors (Lipinski definition) is 2. The fourth-order valence-electron chi connectivity index (χ4n) is 1.89. The van der Waals surface area contributed by atoms with Crippen molar-refractivity contribution in [1.82, 2.24) is 4.98 Å². The molecule has 0 fully saturated rings. The second kappa shape index (κ2) is 4.00. The van der Waals surface area contributed by atoms with Gasteiger partial charge >= 0.3 is 0 Å². The molecule has 0 amide bonds. The van der Waals surface area contributed by atoms with Crippen molar-refractivity contribution in [3.63, 3.8) is 0 Å². The summed E-state index contributed by atoms with van der Waals surface area (Å²) in [5.41, 5.74) is 2.26. The first-order chi connectivity index (χ1) is 8.75. The number of benzene rings is 1. The average Bonchev–Trinajstić information content (AvgIpc) is 2.70. The van der Waals surface area contributed by atoms with Gasteiger partial charge in [-0.05, 0) is 23.8 Å². The van der Waals surface area contributed by atoms with Gasteiger partial charge in [0.2, 0.25) is 5.90 Å². The van der Waals surface area contributed by atoms with Crippen LogP contribution in [0, 0.1) is 5.41 Å². The highest BCUT2D eigenvalue weighted by atomic mass is 16.5. The number of ether oxygens (including phenoxy) is 1. The number of hydrogen-bond acceptors (Lipinski definition) is 4. The number of fused-ring (bicyclic) bond motifs is 1. The molecule has 4 heteroatoms. The summed E-state index contributed by atoms with van der Waals surface area (Å²) in [4.78, 5) is 4.02. The first-order valence-electron chi connectivity index (χ1n) is 5.46. The van der Waals surface area contributed by atoms with Crippen molar-refractivity contribution >= 4 is 17.5 Å². The van der Waals surface area contributed by atoms with E-state index in [1.54, 1.807) is 24.5 Å². The number of nitrogens with one attached hydrogen (secondary N) is 1. The largest absolute Gasteiger partial charge is 0.504 e. The minimum atomic E-state index is 0.0374. The summed E-state index contributed by atoms with van der Waals surface area (Å²) in [6.07, 6.45) is 5.22. The number of phenols is 1. The van der Waals surface area contributed by atoms with Crippen LogP contribution in [0.25, 0.3) is 11.6 Å². The minimum Gasteiger partial charge on any atom is -0.504 e. The molecule has 2 heterocycles. The molecule has 0 atom stereocenters. The first kappa shape index (κ1) is 10.5. The van der Waals surface area contributed by atoms with Gasteiger partial charge in [-0.25, -0.2) is 0 Å². The lowest BCUT2D eigenvalue weighted by Gasteiger charge is -1.98. The van der Waals surface area contributed by atoms with Crippen LogP contribution in [0.1, 0.15) is 11.1 Å². The van der Waals surface area contributed by atoms with Crippen LogP contribution in [-0.2, 0) is 0 Å². The van der Waals surface area contributed by atoms with E-state index in [1.807, 2.05) is 24.3 Å². The van der Waals surface area contributed by atoms with Gasteiger partial charge in [-0.1, -0.05) is 18.2 Å². The van der Waals surface area contributed by atoms with Gasteiger partial charge in [0.05, 0.1) is 0 Å². The first-order valence-corrected chi connectivity index (χ1v) is 5.46. The molecule has 1 aromatic heterocycles. The van der Waals surface area contributed by atoms with Gasteiger partial charge in [0.15, 0.2) is 11.5 Å². The Morgan fingerprint density at radius 1 is 1.22 bits per heavy atom. The van der Waals surface area contributed by atoms with E-state index in [2.05, 4.69) is 4.98 Å². The van der Waals surface area contributed by atoms with Gasteiger partial charge in [-0.3, -0.25) is 10.4 Å². The Bertz CT molecular complexity index is 648. The third kappa shape index (κ3) is 1.64. The Kier molecular flexibility index (Phi) is 2.34. The number of para-hydroxylation sites is 1. The van der Waals surface area contributed by atoms with Crippen LogP contribution in [0.2, 0.25) is 0 Å². The zero-order valence-electron chi connectivity index (χ0n) is 9.42. The quantitative estimate of drug-likeness (QED) is 0.802. The highest BCUT2D eigenvalue weighted by Crippen LogP contribution is 2.41. The van der Waals surface area contributed by atoms with E-state index in [0.29, 0.717) is 11.3 Å². The molecule has 88 valence electrons. The molecular formula is C14H10N2O2. The molecule has 1 aliphatic rings. The van der Waals surface area contributed by atoms with E-state index < -0.39 is 0 Å². The molecule has 0 radical (unpaired) electrons. The number of rotatable bonds is 1. The van der Waals surface area contributed by atoms with Gasteiger partial charge in [-0.2, -0.15) is 0 Å². The molecule has 0 aliphatic carbocycles. The fraction of sp³-hybridized carbons (Fsp3) is 0. The molecule has 3 rings (SSSR count). The molecule has 0 spiro atoms. The van der Waals surface area contributed by atoms with Gasteiger partial charge in [0.25, 0.3) is 0 Å². The number of aromatic hydroxyl groups is 1. The van der Waals surface area contributed by atoms with E-state index >= 15 is 0 Å². The van der Waals surface area contributed by atoms with Gasteiger partial charge in [0.1, 0.15) is 0 Å². The van der Waals surface area contributed by atoms with Gasteiger partial charge in [-0.15, -0.1) is 0 Å². The average molecular weight is 238 g/mol. The van der Waals surface area contributed by atoms with E-state index in [-0.39, 0.29) is 11.6 Å². The lowest BCUT2D eigenvalue weighted by Crippen LogP contribution is -1.99. The summed E-state index contributed by atoms with van der Waals surface area (Å²) in [6, 6.07) is 8.81. The van der Waals surface area contributed by atoms with Crippen LogP contribution in [-0.4, -0.2) is 16.0 Å². The van der Waals surface area contributed by atoms with E-state index in [0.717, 1.165) is 11.1 Å². The second-order valence-electron chi connectivity index (χ2n) is 3.93. The van der Waals surface area contributed by atoms with Gasteiger partial charge in [0, 0.05) is 23.5 Å². The molecule has 0 unspecified atom stereocenters. The summed E-state index contributed by atoms with van der Waals surface area (Å²) < 4.78 is 5.27. The number of phenolic OH excluding ortho intramolecular Hbond substituents is 1. The zero-order chi connectivity index (χ0) is 12.5. The van der Waals surface area contributed by atoms with Crippen molar-refractivity contribution in [2.45, 2.75) is 0 Å². The normalized spacial score (nSPS) is 15.6. The van der Waals surface area contributed by atoms with Crippen LogP contribution in [0.15, 0.2) is 42.7 Å². The molecular weight excluding hydrogens is 228 g/mol. The van der Waals surface area contributed by atoms with Gasteiger partial charge < -0.3 is 9.84 Å². The predicted octanol–water partition coefficient (Wildman–Crippen LogP) is 2.70. The minimum absolute atomic E-state index is 0.0374. The maximum Gasteiger partial charge on any atom is 0.220 e. The number of pyridine rings is 1. The van der Waals surface area contributed by atoms with Crippen LogP contribution >= 0.6 is 0 Å². The Labute approximate surface area is 104 Å². The Morgan fingerprint density at radius 3 is 2.89 bits per heavy atom. The summed E-state index contributed by atoms with van der Waals surface area (Å²) in [5.74, 6) is 0.430. The predicted molar refractivity (Wildman–Crippen MR) is 68.6 cm³/mol. The second-order valence-corrected chi connectivity index (χ2v) is 3.93. The van der Waals surface area contributed by atoms with Crippen molar-refractivity contribution < 1.29 is 9.84 Å². The standard InChI is InChI=1S/C14H10N2O2/c15-14-11(7-9-3-2-6-16-8-9)10-4-1-5-12(17)13(10)18-14/h1-8,15,17H. The van der Waals surface area contributed by atoms with Crippen LogP contribution in [0.3, 0.4) is 0 Å². The van der Waals surface area contributed by atoms with Crippen LogP contribution in [0.5, 0.6) is 11.5 Å². The third-order valence-electron chi connectivity index (χ3n) is 2.73. The topological polar surface area (TPSA) is 66.2 Å². The maximum absolute atomic E-state index is 9.67. The monoisotopic (exact) mass is 238 g/mol. The van der Waals surface area contributed by atoms with E-state index in [4.69, 9.17) is 10.1 Å². The summed E-state index contributed by atoms with van der Waals surface area (Å²) in [5, 5.41) is 17.5. The highest BCUT2D eigenvalue weighted by molar-refractivity contribution is 6.27. The van der Waals surface area contributed by atoms with Crippen molar-refractivity contribution in [3.8, 4) is 11.5 Å². The lowest BCUT2D eigenvalue weighted by atomic mass is 10.0. The van der Waals surface area contributed by atoms with E-state index in [9.17, 15) is 5.11 Å². The fourth-order valence-corrected chi connectivity index (χ4v) is 1.89. The maximum atomic E-state index is 9.67. The van der Waals surface area contributed by atoms with Crippen LogP contribution in [0.4, 0.5) is 0 Å². The Morgan fingerprint density at radius 2 is 2.11 bits per heavy atom. The van der Waals surface area contributed by atoms with Crippen molar-refractivity contribution in [3.05, 3.63) is 53.9 Å².